The summed E-state index contributed by atoms with van der Waals surface area (Å²) in [5.74, 6) is 0.201. The van der Waals surface area contributed by atoms with Gasteiger partial charge >= 0.3 is 0 Å². The van der Waals surface area contributed by atoms with Gasteiger partial charge in [0.1, 0.15) is 5.70 Å². The van der Waals surface area contributed by atoms with Gasteiger partial charge in [0, 0.05) is 10.8 Å². The van der Waals surface area contributed by atoms with Crippen LogP contribution >= 0.6 is 33.3 Å². The highest BCUT2D eigenvalue weighted by atomic mass is 33.1. The van der Waals surface area contributed by atoms with E-state index in [-0.39, 0.29) is 5.92 Å². The van der Waals surface area contributed by atoms with Gasteiger partial charge in [-0.2, -0.15) is 0 Å². The number of hydrogen-bond donors (Lipinski definition) is 0. The van der Waals surface area contributed by atoms with E-state index >= 15 is 0 Å². The predicted octanol–water partition coefficient (Wildman–Crippen LogP) is 4.61. The van der Waals surface area contributed by atoms with Crippen LogP contribution in [0.4, 0.5) is 0 Å². The van der Waals surface area contributed by atoms with Crippen molar-refractivity contribution in [1.29, 1.82) is 0 Å². The second-order valence-corrected chi connectivity index (χ2v) is 6.47. The van der Waals surface area contributed by atoms with E-state index in [0.717, 1.165) is 4.91 Å². The number of nitroso groups, excluding NO2 is 1. The molecule has 0 aromatic carbocycles. The summed E-state index contributed by atoms with van der Waals surface area (Å²) in [6, 6.07) is 0. The zero-order valence-corrected chi connectivity index (χ0v) is 11.1. The van der Waals surface area contributed by atoms with Gasteiger partial charge in [-0.25, -0.2) is 0 Å². The Morgan fingerprint density at radius 3 is 2.43 bits per heavy atom. The molecule has 0 unspecified atom stereocenters. The highest BCUT2D eigenvalue weighted by Gasteiger charge is 2.23. The summed E-state index contributed by atoms with van der Waals surface area (Å²) in [6.45, 7) is 6.06. The molecule has 0 radical (unpaired) electrons. The zero-order chi connectivity index (χ0) is 10.7. The fraction of sp³-hybridized carbons (Fsp3) is 0.556. The third kappa shape index (κ3) is 2.38. The third-order valence-corrected chi connectivity index (χ3v) is 6.13. The second kappa shape index (κ2) is 5.28. The first-order chi connectivity index (χ1) is 6.61. The molecule has 1 aliphatic heterocycles. The zero-order valence-electron chi connectivity index (χ0n) is 8.66. The summed E-state index contributed by atoms with van der Waals surface area (Å²) < 4.78 is 1.28. The largest absolute Gasteiger partial charge is 0.145 e. The van der Waals surface area contributed by atoms with Gasteiger partial charge in [0.25, 0.3) is 0 Å². The fourth-order valence-electron chi connectivity index (χ4n) is 1.13. The van der Waals surface area contributed by atoms with E-state index in [2.05, 4.69) is 18.4 Å². The minimum absolute atomic E-state index is 0.201. The topological polar surface area (TPSA) is 29.4 Å². The molecule has 0 N–H and O–H groups in total. The Balaban J connectivity index is 3.10. The molecule has 0 saturated carbocycles. The molecule has 0 aromatic rings. The standard InChI is InChI=1S/C9H13NOS3/c1-5(2)7(10-11)8-6(3)9(12-4)14-13-8/h5H,1-4H3/b8-7-. The molecule has 5 heteroatoms. The molecule has 0 saturated heterocycles. The molecule has 1 aliphatic rings. The van der Waals surface area contributed by atoms with Crippen LogP contribution in [0.2, 0.25) is 0 Å². The van der Waals surface area contributed by atoms with Crippen LogP contribution in [0, 0.1) is 10.8 Å². The van der Waals surface area contributed by atoms with Gasteiger partial charge in [-0.05, 0) is 45.5 Å². The summed E-state index contributed by atoms with van der Waals surface area (Å²) in [6.07, 6.45) is 2.05. The minimum Gasteiger partial charge on any atom is -0.145 e. The van der Waals surface area contributed by atoms with E-state index in [9.17, 15) is 4.91 Å². The Morgan fingerprint density at radius 1 is 1.43 bits per heavy atom. The lowest BCUT2D eigenvalue weighted by Gasteiger charge is -2.06. The Morgan fingerprint density at radius 2 is 2.07 bits per heavy atom. The van der Waals surface area contributed by atoms with Gasteiger partial charge < -0.3 is 0 Å². The number of allylic oxidation sites excluding steroid dienone is 2. The first-order valence-corrected chi connectivity index (χ1v) is 7.66. The molecule has 0 aromatic heterocycles. The van der Waals surface area contributed by atoms with Crippen LogP contribution in [0.15, 0.2) is 25.6 Å². The van der Waals surface area contributed by atoms with Crippen LogP contribution in [-0.2, 0) is 0 Å². The van der Waals surface area contributed by atoms with Crippen LogP contribution in [0.3, 0.4) is 0 Å². The molecule has 1 rings (SSSR count). The van der Waals surface area contributed by atoms with E-state index in [1.165, 1.54) is 9.81 Å². The van der Waals surface area contributed by atoms with Crippen molar-refractivity contribution in [3.05, 3.63) is 25.3 Å². The van der Waals surface area contributed by atoms with Gasteiger partial charge in [0.2, 0.25) is 0 Å². The summed E-state index contributed by atoms with van der Waals surface area (Å²) in [5, 5.41) is 3.14. The molecule has 0 spiro atoms. The number of hydrogen-bond acceptors (Lipinski definition) is 5. The smallest absolute Gasteiger partial charge is 0.102 e. The molecule has 0 amide bonds. The maximum atomic E-state index is 10.7. The lowest BCUT2D eigenvalue weighted by molar-refractivity contribution is 0.752. The van der Waals surface area contributed by atoms with Crippen molar-refractivity contribution in [2.75, 3.05) is 6.26 Å². The fourth-order valence-corrected chi connectivity index (χ4v) is 5.31. The molecule has 0 fully saturated rings. The van der Waals surface area contributed by atoms with Crippen molar-refractivity contribution in [2.24, 2.45) is 11.1 Å². The highest BCUT2D eigenvalue weighted by Crippen LogP contribution is 2.54. The normalized spacial score (nSPS) is 20.6. The monoisotopic (exact) mass is 247 g/mol. The van der Waals surface area contributed by atoms with Crippen LogP contribution < -0.4 is 0 Å². The van der Waals surface area contributed by atoms with E-state index < -0.39 is 0 Å². The van der Waals surface area contributed by atoms with E-state index in [1.54, 1.807) is 33.3 Å². The van der Waals surface area contributed by atoms with Crippen molar-refractivity contribution < 1.29 is 0 Å². The molecule has 1 heterocycles. The van der Waals surface area contributed by atoms with Crippen molar-refractivity contribution in [3.8, 4) is 0 Å². The average Bonchev–Trinajstić information content (AvgIpc) is 2.49. The maximum absolute atomic E-state index is 10.7. The van der Waals surface area contributed by atoms with Crippen molar-refractivity contribution in [3.63, 3.8) is 0 Å². The third-order valence-electron chi connectivity index (χ3n) is 1.91. The van der Waals surface area contributed by atoms with Gasteiger partial charge in [0.15, 0.2) is 0 Å². The van der Waals surface area contributed by atoms with Crippen LogP contribution in [-0.4, -0.2) is 6.26 Å². The molecule has 2 nitrogen and oxygen atoms in total. The number of thioether (sulfide) groups is 1. The molecule has 78 valence electrons. The van der Waals surface area contributed by atoms with Crippen LogP contribution in [0.1, 0.15) is 20.8 Å². The molecule has 0 atom stereocenters. The van der Waals surface area contributed by atoms with E-state index in [0.29, 0.717) is 5.70 Å². The molecule has 14 heavy (non-hydrogen) atoms. The lowest BCUT2D eigenvalue weighted by atomic mass is 10.1. The van der Waals surface area contributed by atoms with E-state index in [1.807, 2.05) is 13.8 Å². The van der Waals surface area contributed by atoms with Gasteiger partial charge in [-0.15, -0.1) is 16.7 Å². The summed E-state index contributed by atoms with van der Waals surface area (Å²) in [4.78, 5) is 11.8. The Kier molecular flexibility index (Phi) is 4.60. The minimum atomic E-state index is 0.201. The maximum Gasteiger partial charge on any atom is 0.102 e. The van der Waals surface area contributed by atoms with Crippen LogP contribution in [0.5, 0.6) is 0 Å². The Labute approximate surface area is 96.7 Å². The summed E-state index contributed by atoms with van der Waals surface area (Å²) in [7, 11) is 3.37. The van der Waals surface area contributed by atoms with Crippen molar-refractivity contribution in [2.45, 2.75) is 20.8 Å². The first kappa shape index (κ1) is 12.2. The summed E-state index contributed by atoms with van der Waals surface area (Å²) >= 11 is 1.73. The molecular weight excluding hydrogens is 234 g/mol. The van der Waals surface area contributed by atoms with Crippen molar-refractivity contribution in [1.82, 2.24) is 0 Å². The Hall–Kier alpha value is 0.130. The second-order valence-electron chi connectivity index (χ2n) is 3.24. The van der Waals surface area contributed by atoms with Crippen molar-refractivity contribution >= 4 is 33.3 Å². The first-order valence-electron chi connectivity index (χ1n) is 4.29. The quantitative estimate of drug-likeness (QED) is 0.538. The van der Waals surface area contributed by atoms with Gasteiger partial charge in [-0.1, -0.05) is 13.8 Å². The van der Waals surface area contributed by atoms with Gasteiger partial charge in [-0.3, -0.25) is 0 Å². The summed E-state index contributed by atoms with van der Waals surface area (Å²) in [5.41, 5.74) is 1.89. The van der Waals surface area contributed by atoms with E-state index in [4.69, 9.17) is 0 Å². The predicted molar refractivity (Wildman–Crippen MR) is 69.1 cm³/mol. The highest BCUT2D eigenvalue weighted by molar-refractivity contribution is 8.82. The average molecular weight is 247 g/mol. The molecule has 0 bridgehead atoms. The molecule has 0 aliphatic carbocycles. The Bertz CT molecular complexity index is 307. The number of nitrogens with zero attached hydrogens (tertiary/aromatic N) is 1. The van der Waals surface area contributed by atoms with Gasteiger partial charge in [0.05, 0.1) is 4.24 Å². The lowest BCUT2D eigenvalue weighted by Crippen LogP contribution is -1.94. The molecular formula is C9H13NOS3. The number of rotatable bonds is 3. The SMILES string of the molecule is CSC1=C(C)/C(=C(/N=O)C(C)C)SS1. The van der Waals surface area contributed by atoms with Crippen LogP contribution in [0.25, 0.3) is 0 Å².